The highest BCUT2D eigenvalue weighted by molar-refractivity contribution is 6.31. The van der Waals surface area contributed by atoms with Crippen LogP contribution in [0.25, 0.3) is 11.4 Å². The summed E-state index contributed by atoms with van der Waals surface area (Å²) >= 11 is 5.98. The summed E-state index contributed by atoms with van der Waals surface area (Å²) < 4.78 is 0. The number of benzene rings is 1. The normalized spacial score (nSPS) is 10.4. The van der Waals surface area contributed by atoms with Gasteiger partial charge in [0.15, 0.2) is 0 Å². The van der Waals surface area contributed by atoms with Gasteiger partial charge in [0, 0.05) is 10.6 Å². The number of aromatic amines is 1. The molecular weight excluding hydrogens is 228 g/mol. The third-order valence-electron chi connectivity index (χ3n) is 2.19. The molecule has 6 heteroatoms. The number of aromatic nitrogens is 3. The molecule has 0 aliphatic carbocycles. The third-order valence-corrected chi connectivity index (χ3v) is 2.60. The van der Waals surface area contributed by atoms with Gasteiger partial charge in [0.05, 0.1) is 0 Å². The monoisotopic (exact) mass is 236 g/mol. The zero-order valence-corrected chi connectivity index (χ0v) is 9.25. The molecule has 0 spiro atoms. The Bertz CT molecular complexity index is 594. The smallest absolute Gasteiger partial charge is 0.349 e. The highest BCUT2D eigenvalue weighted by atomic mass is 35.5. The zero-order chi connectivity index (χ0) is 11.7. The summed E-state index contributed by atoms with van der Waals surface area (Å²) in [5.74, 6) is 0.315. The molecular formula is C10H9ClN4O. The van der Waals surface area contributed by atoms with E-state index in [0.29, 0.717) is 10.8 Å². The van der Waals surface area contributed by atoms with Crippen molar-refractivity contribution in [3.8, 4) is 11.4 Å². The number of nitrogen functional groups attached to an aromatic ring is 1. The van der Waals surface area contributed by atoms with Crippen LogP contribution >= 0.6 is 11.6 Å². The molecule has 0 saturated carbocycles. The molecule has 0 saturated heterocycles. The van der Waals surface area contributed by atoms with Crippen LogP contribution in [0.4, 0.5) is 5.95 Å². The Kier molecular flexibility index (Phi) is 2.62. The van der Waals surface area contributed by atoms with E-state index < -0.39 is 5.69 Å². The minimum absolute atomic E-state index is 0.0573. The van der Waals surface area contributed by atoms with Crippen LogP contribution in [-0.2, 0) is 0 Å². The van der Waals surface area contributed by atoms with Gasteiger partial charge in [-0.15, -0.1) is 0 Å². The van der Waals surface area contributed by atoms with Crippen molar-refractivity contribution in [2.24, 2.45) is 0 Å². The quantitative estimate of drug-likeness (QED) is 0.783. The highest BCUT2D eigenvalue weighted by Crippen LogP contribution is 2.25. The van der Waals surface area contributed by atoms with Crippen molar-refractivity contribution in [2.45, 2.75) is 6.92 Å². The fourth-order valence-corrected chi connectivity index (χ4v) is 1.57. The molecule has 2 aromatic rings. The maximum Gasteiger partial charge on any atom is 0.349 e. The molecule has 1 aromatic heterocycles. The summed E-state index contributed by atoms with van der Waals surface area (Å²) in [6, 6.07) is 5.35. The van der Waals surface area contributed by atoms with E-state index in [0.717, 1.165) is 11.1 Å². The molecule has 5 nitrogen and oxygen atoms in total. The summed E-state index contributed by atoms with van der Waals surface area (Å²) in [4.78, 5) is 21.1. The van der Waals surface area contributed by atoms with Crippen molar-refractivity contribution in [3.63, 3.8) is 0 Å². The lowest BCUT2D eigenvalue weighted by Crippen LogP contribution is -2.15. The second-order valence-electron chi connectivity index (χ2n) is 3.27. The number of hydrogen-bond acceptors (Lipinski definition) is 4. The van der Waals surface area contributed by atoms with E-state index in [4.69, 9.17) is 17.3 Å². The number of nitrogens with two attached hydrogens (primary N) is 1. The number of H-pyrrole nitrogens is 1. The Morgan fingerprint density at radius 1 is 1.38 bits per heavy atom. The molecule has 0 aliphatic rings. The predicted octanol–water partition coefficient (Wildman–Crippen LogP) is 1.38. The molecule has 0 fully saturated rings. The van der Waals surface area contributed by atoms with Crippen molar-refractivity contribution in [2.75, 3.05) is 5.73 Å². The third kappa shape index (κ3) is 1.90. The molecule has 1 aromatic carbocycles. The first-order valence-corrected chi connectivity index (χ1v) is 4.95. The highest BCUT2D eigenvalue weighted by Gasteiger charge is 2.08. The first-order valence-electron chi connectivity index (χ1n) is 4.57. The lowest BCUT2D eigenvalue weighted by atomic mass is 10.1. The van der Waals surface area contributed by atoms with Crippen molar-refractivity contribution >= 4 is 17.5 Å². The fourth-order valence-electron chi connectivity index (χ4n) is 1.39. The summed E-state index contributed by atoms with van der Waals surface area (Å²) in [7, 11) is 0. The maximum absolute atomic E-state index is 11.2. The number of hydrogen-bond donors (Lipinski definition) is 2. The maximum atomic E-state index is 11.2. The van der Waals surface area contributed by atoms with Gasteiger partial charge in [-0.2, -0.15) is 9.97 Å². The fraction of sp³-hybridized carbons (Fsp3) is 0.100. The van der Waals surface area contributed by atoms with E-state index in [2.05, 4.69) is 15.0 Å². The molecule has 0 unspecified atom stereocenters. The Morgan fingerprint density at radius 2 is 2.12 bits per heavy atom. The average Bonchev–Trinajstić information content (AvgIpc) is 2.20. The predicted molar refractivity (Wildman–Crippen MR) is 62.2 cm³/mol. The molecule has 16 heavy (non-hydrogen) atoms. The first-order chi connectivity index (χ1) is 7.58. The van der Waals surface area contributed by atoms with Crippen LogP contribution in [-0.4, -0.2) is 15.0 Å². The summed E-state index contributed by atoms with van der Waals surface area (Å²) in [5, 5.41) is 0.607. The van der Waals surface area contributed by atoms with Crippen LogP contribution in [0.1, 0.15) is 5.56 Å². The van der Waals surface area contributed by atoms with Gasteiger partial charge in [-0.25, -0.2) is 4.79 Å². The van der Waals surface area contributed by atoms with Crippen molar-refractivity contribution < 1.29 is 0 Å². The number of nitrogens with one attached hydrogen (secondary N) is 1. The molecule has 0 radical (unpaired) electrons. The average molecular weight is 237 g/mol. The first kappa shape index (κ1) is 10.6. The van der Waals surface area contributed by atoms with Gasteiger partial charge >= 0.3 is 5.69 Å². The van der Waals surface area contributed by atoms with Crippen LogP contribution in [0.2, 0.25) is 5.02 Å². The molecule has 82 valence electrons. The number of nitrogens with zero attached hydrogens (tertiary/aromatic N) is 2. The van der Waals surface area contributed by atoms with Gasteiger partial charge in [-0.1, -0.05) is 23.7 Å². The number of rotatable bonds is 1. The van der Waals surface area contributed by atoms with Gasteiger partial charge in [0.25, 0.3) is 0 Å². The molecule has 0 amide bonds. The lowest BCUT2D eigenvalue weighted by Gasteiger charge is -2.06. The summed E-state index contributed by atoms with van der Waals surface area (Å²) in [5.41, 5.74) is 6.45. The Labute approximate surface area is 96.3 Å². The van der Waals surface area contributed by atoms with Gasteiger partial charge in [0.2, 0.25) is 5.95 Å². The van der Waals surface area contributed by atoms with Crippen LogP contribution in [0.5, 0.6) is 0 Å². The Hall–Kier alpha value is -1.88. The van der Waals surface area contributed by atoms with Gasteiger partial charge < -0.3 is 5.73 Å². The van der Waals surface area contributed by atoms with Crippen LogP contribution in [0, 0.1) is 6.92 Å². The van der Waals surface area contributed by atoms with Crippen molar-refractivity contribution in [1.82, 2.24) is 15.0 Å². The summed E-state index contributed by atoms with van der Waals surface area (Å²) in [6.45, 7) is 1.84. The van der Waals surface area contributed by atoms with E-state index in [-0.39, 0.29) is 5.95 Å². The topological polar surface area (TPSA) is 84.7 Å². The van der Waals surface area contributed by atoms with Crippen LogP contribution in [0.3, 0.4) is 0 Å². The van der Waals surface area contributed by atoms with E-state index in [1.54, 1.807) is 18.2 Å². The lowest BCUT2D eigenvalue weighted by molar-refractivity contribution is 1.01. The van der Waals surface area contributed by atoms with E-state index in [1.165, 1.54) is 0 Å². The molecule has 2 rings (SSSR count). The minimum Gasteiger partial charge on any atom is -0.368 e. The molecule has 0 atom stereocenters. The SMILES string of the molecule is Cc1c(Cl)cccc1-c1nc(N)nc(=O)[nH]1. The van der Waals surface area contributed by atoms with Crippen molar-refractivity contribution in [3.05, 3.63) is 39.3 Å². The Morgan fingerprint density at radius 3 is 2.81 bits per heavy atom. The second-order valence-corrected chi connectivity index (χ2v) is 3.68. The van der Waals surface area contributed by atoms with Crippen LogP contribution < -0.4 is 11.4 Å². The molecule has 0 aliphatic heterocycles. The minimum atomic E-state index is -0.526. The van der Waals surface area contributed by atoms with E-state index >= 15 is 0 Å². The number of anilines is 1. The largest absolute Gasteiger partial charge is 0.368 e. The van der Waals surface area contributed by atoms with Gasteiger partial charge in [0.1, 0.15) is 5.82 Å². The second kappa shape index (κ2) is 3.94. The zero-order valence-electron chi connectivity index (χ0n) is 8.49. The standard InChI is InChI=1S/C10H9ClN4O/c1-5-6(3-2-4-7(5)11)8-13-9(12)15-10(16)14-8/h2-4H,1H3,(H3,12,13,14,15,16). The van der Waals surface area contributed by atoms with E-state index in [1.807, 2.05) is 6.92 Å². The number of halogens is 1. The Balaban J connectivity index is 2.67. The van der Waals surface area contributed by atoms with Gasteiger partial charge in [-0.05, 0) is 18.6 Å². The van der Waals surface area contributed by atoms with Crippen LogP contribution in [0.15, 0.2) is 23.0 Å². The van der Waals surface area contributed by atoms with E-state index in [9.17, 15) is 4.79 Å². The van der Waals surface area contributed by atoms with Crippen molar-refractivity contribution in [1.29, 1.82) is 0 Å². The summed E-state index contributed by atoms with van der Waals surface area (Å²) in [6.07, 6.45) is 0. The van der Waals surface area contributed by atoms with Gasteiger partial charge in [-0.3, -0.25) is 4.98 Å². The molecule has 0 bridgehead atoms. The molecule has 3 N–H and O–H groups in total. The molecule has 1 heterocycles.